The van der Waals surface area contributed by atoms with Crippen molar-refractivity contribution in [2.45, 2.75) is 12.3 Å². The predicted molar refractivity (Wildman–Crippen MR) is 72.8 cm³/mol. The van der Waals surface area contributed by atoms with E-state index in [2.05, 4.69) is 5.10 Å². The van der Waals surface area contributed by atoms with E-state index in [1.54, 1.807) is 17.9 Å². The summed E-state index contributed by atoms with van der Waals surface area (Å²) in [7, 11) is 1.77. The second-order valence-corrected chi connectivity index (χ2v) is 4.87. The summed E-state index contributed by atoms with van der Waals surface area (Å²) < 4.78 is 12.6. The highest BCUT2D eigenvalue weighted by atomic mass is 16.5. The van der Waals surface area contributed by atoms with Gasteiger partial charge in [-0.15, -0.1) is 0 Å². The highest BCUT2D eigenvalue weighted by Gasteiger charge is 2.22. The summed E-state index contributed by atoms with van der Waals surface area (Å²) in [5.41, 5.74) is 1.59. The van der Waals surface area contributed by atoms with E-state index in [0.29, 0.717) is 18.8 Å². The molecule has 0 bridgehead atoms. The molecule has 0 aliphatic carbocycles. The highest BCUT2D eigenvalue weighted by molar-refractivity contribution is 5.88. The van der Waals surface area contributed by atoms with Gasteiger partial charge in [-0.3, -0.25) is 4.68 Å². The van der Waals surface area contributed by atoms with Crippen LogP contribution < -0.4 is 4.74 Å². The second-order valence-electron chi connectivity index (χ2n) is 4.87. The topological polar surface area (TPSA) is 53.4 Å². The van der Waals surface area contributed by atoms with Gasteiger partial charge >= 0.3 is 5.97 Å². The molecule has 1 atom stereocenters. The zero-order chi connectivity index (χ0) is 13.9. The first-order valence-corrected chi connectivity index (χ1v) is 6.61. The predicted octanol–water partition coefficient (Wildman–Crippen LogP) is 2.14. The Bertz CT molecular complexity index is 621. The quantitative estimate of drug-likeness (QED) is 0.803. The first kappa shape index (κ1) is 12.7. The third kappa shape index (κ3) is 2.52. The van der Waals surface area contributed by atoms with E-state index < -0.39 is 0 Å². The molecule has 1 aromatic carbocycles. The van der Waals surface area contributed by atoms with Crippen LogP contribution in [0.5, 0.6) is 5.75 Å². The van der Waals surface area contributed by atoms with Gasteiger partial charge in [-0.2, -0.15) is 5.10 Å². The number of ether oxygens (including phenoxy) is 2. The van der Waals surface area contributed by atoms with Gasteiger partial charge in [0, 0.05) is 24.7 Å². The molecule has 20 heavy (non-hydrogen) atoms. The van der Waals surface area contributed by atoms with Crippen molar-refractivity contribution in [1.82, 2.24) is 9.78 Å². The number of carbonyl (C=O) groups is 1. The molecule has 1 aliphatic heterocycles. The van der Waals surface area contributed by atoms with Crippen molar-refractivity contribution in [3.63, 3.8) is 0 Å². The second kappa shape index (κ2) is 5.36. The zero-order valence-corrected chi connectivity index (χ0v) is 11.3. The maximum Gasteiger partial charge on any atom is 0.341 e. The third-order valence-electron chi connectivity index (χ3n) is 3.44. The zero-order valence-electron chi connectivity index (χ0n) is 11.3. The third-order valence-corrected chi connectivity index (χ3v) is 3.44. The fourth-order valence-electron chi connectivity index (χ4n) is 2.38. The van der Waals surface area contributed by atoms with Crippen molar-refractivity contribution >= 4 is 5.97 Å². The average molecular weight is 272 g/mol. The fourth-order valence-corrected chi connectivity index (χ4v) is 2.38. The number of nitrogens with zero attached hydrogens (tertiary/aromatic N) is 2. The number of aryl methyl sites for hydroxylation is 1. The number of benzene rings is 1. The molecule has 0 fully saturated rings. The molecule has 104 valence electrons. The molecule has 5 heteroatoms. The van der Waals surface area contributed by atoms with Gasteiger partial charge in [0.25, 0.3) is 0 Å². The van der Waals surface area contributed by atoms with E-state index in [-0.39, 0.29) is 11.9 Å². The molecule has 3 rings (SSSR count). The van der Waals surface area contributed by atoms with Crippen LogP contribution in [-0.2, 0) is 11.8 Å². The molecule has 1 aliphatic rings. The van der Waals surface area contributed by atoms with Gasteiger partial charge in [-0.05, 0) is 12.5 Å². The molecule has 5 nitrogen and oxygen atoms in total. The Morgan fingerprint density at radius 3 is 3.15 bits per heavy atom. The summed E-state index contributed by atoms with van der Waals surface area (Å²) in [6, 6.07) is 7.90. The lowest BCUT2D eigenvalue weighted by Crippen LogP contribution is -2.20. The van der Waals surface area contributed by atoms with Crippen LogP contribution >= 0.6 is 0 Å². The highest BCUT2D eigenvalue weighted by Crippen LogP contribution is 2.33. The minimum Gasteiger partial charge on any atom is -0.493 e. The molecule has 0 spiro atoms. The summed E-state index contributed by atoms with van der Waals surface area (Å²) in [5.74, 6) is 0.754. The first-order chi connectivity index (χ1) is 9.74. The number of esters is 1. The molecule has 2 aromatic rings. The molecular formula is C15H16N2O3. The number of fused-ring (bicyclic) bond motifs is 1. The van der Waals surface area contributed by atoms with Crippen LogP contribution in [0.1, 0.15) is 28.3 Å². The molecule has 0 saturated carbocycles. The van der Waals surface area contributed by atoms with E-state index in [0.717, 1.165) is 17.7 Å². The summed E-state index contributed by atoms with van der Waals surface area (Å²) in [6.45, 7) is 1.03. The monoisotopic (exact) mass is 272 g/mol. The SMILES string of the molecule is Cn1cc(C(=O)OC[C@@H]2CCOc3ccccc32)cn1. The van der Waals surface area contributed by atoms with Crippen LogP contribution in [-0.4, -0.2) is 29.0 Å². The minimum absolute atomic E-state index is 0.195. The largest absolute Gasteiger partial charge is 0.493 e. The Kier molecular flexibility index (Phi) is 3.41. The van der Waals surface area contributed by atoms with Gasteiger partial charge in [-0.25, -0.2) is 4.79 Å². The van der Waals surface area contributed by atoms with Gasteiger partial charge in [0.05, 0.1) is 25.0 Å². The molecule has 0 N–H and O–H groups in total. The van der Waals surface area contributed by atoms with Gasteiger partial charge in [0.15, 0.2) is 0 Å². The Hall–Kier alpha value is -2.30. The summed E-state index contributed by atoms with van der Waals surface area (Å²) in [4.78, 5) is 11.9. The number of aromatic nitrogens is 2. The molecule has 0 unspecified atom stereocenters. The number of hydrogen-bond acceptors (Lipinski definition) is 4. The van der Waals surface area contributed by atoms with E-state index in [1.165, 1.54) is 6.20 Å². The van der Waals surface area contributed by atoms with Crippen LogP contribution in [0.15, 0.2) is 36.7 Å². The summed E-state index contributed by atoms with van der Waals surface area (Å²) in [6.07, 6.45) is 4.03. The number of para-hydroxylation sites is 1. The lowest BCUT2D eigenvalue weighted by Gasteiger charge is -2.25. The van der Waals surface area contributed by atoms with Crippen molar-refractivity contribution in [3.05, 3.63) is 47.8 Å². The lowest BCUT2D eigenvalue weighted by atomic mass is 9.94. The van der Waals surface area contributed by atoms with Gasteiger partial charge < -0.3 is 9.47 Å². The van der Waals surface area contributed by atoms with Crippen LogP contribution in [0, 0.1) is 0 Å². The van der Waals surface area contributed by atoms with Gasteiger partial charge in [0.2, 0.25) is 0 Å². The number of carbonyl (C=O) groups excluding carboxylic acids is 1. The Morgan fingerprint density at radius 2 is 2.35 bits per heavy atom. The average Bonchev–Trinajstić information content (AvgIpc) is 2.91. The first-order valence-electron chi connectivity index (χ1n) is 6.61. The normalized spacial score (nSPS) is 17.1. The summed E-state index contributed by atoms with van der Waals surface area (Å²) >= 11 is 0. The Labute approximate surface area is 117 Å². The lowest BCUT2D eigenvalue weighted by molar-refractivity contribution is 0.0459. The van der Waals surface area contributed by atoms with Crippen molar-refractivity contribution in [2.24, 2.45) is 7.05 Å². The van der Waals surface area contributed by atoms with Crippen LogP contribution in [0.3, 0.4) is 0 Å². The van der Waals surface area contributed by atoms with Crippen LogP contribution in [0.4, 0.5) is 0 Å². The maximum absolute atomic E-state index is 11.9. The van der Waals surface area contributed by atoms with E-state index in [9.17, 15) is 4.79 Å². The van der Waals surface area contributed by atoms with Gasteiger partial charge in [0.1, 0.15) is 5.75 Å². The van der Waals surface area contributed by atoms with Crippen LogP contribution in [0.2, 0.25) is 0 Å². The van der Waals surface area contributed by atoms with Crippen molar-refractivity contribution in [1.29, 1.82) is 0 Å². The Morgan fingerprint density at radius 1 is 1.50 bits per heavy atom. The van der Waals surface area contributed by atoms with E-state index >= 15 is 0 Å². The van der Waals surface area contributed by atoms with E-state index in [4.69, 9.17) is 9.47 Å². The molecule has 2 heterocycles. The van der Waals surface area contributed by atoms with E-state index in [1.807, 2.05) is 24.3 Å². The molecule has 1 aromatic heterocycles. The van der Waals surface area contributed by atoms with Crippen LogP contribution in [0.25, 0.3) is 0 Å². The molecule has 0 saturated heterocycles. The maximum atomic E-state index is 11.9. The van der Waals surface area contributed by atoms with Crippen molar-refractivity contribution in [3.8, 4) is 5.75 Å². The number of hydrogen-bond donors (Lipinski definition) is 0. The number of rotatable bonds is 3. The van der Waals surface area contributed by atoms with Crippen molar-refractivity contribution < 1.29 is 14.3 Å². The fraction of sp³-hybridized carbons (Fsp3) is 0.333. The molecular weight excluding hydrogens is 256 g/mol. The Balaban J connectivity index is 1.66. The molecule has 0 amide bonds. The standard InChI is InChI=1S/C15H16N2O3/c1-17-9-12(8-16-17)15(18)20-10-11-6-7-19-14-5-3-2-4-13(11)14/h2-5,8-9,11H,6-7,10H2,1H3/t11-/m0/s1. The van der Waals surface area contributed by atoms with Gasteiger partial charge in [-0.1, -0.05) is 18.2 Å². The summed E-state index contributed by atoms with van der Waals surface area (Å²) in [5, 5.41) is 3.96. The minimum atomic E-state index is -0.331. The van der Waals surface area contributed by atoms with Crippen molar-refractivity contribution in [2.75, 3.05) is 13.2 Å². The molecule has 0 radical (unpaired) electrons. The smallest absolute Gasteiger partial charge is 0.341 e.